The minimum absolute atomic E-state index is 0.120. The highest BCUT2D eigenvalue weighted by molar-refractivity contribution is 5.96. The van der Waals surface area contributed by atoms with Crippen LogP contribution in [0.5, 0.6) is 0 Å². The van der Waals surface area contributed by atoms with Crippen LogP contribution in [0.1, 0.15) is 44.9 Å². The van der Waals surface area contributed by atoms with Gasteiger partial charge in [-0.3, -0.25) is 14.8 Å². The molecule has 1 aromatic rings. The van der Waals surface area contributed by atoms with Gasteiger partial charge in [-0.25, -0.2) is 24.3 Å². The molecule has 0 unspecified atom stereocenters. The quantitative estimate of drug-likeness (QED) is 0.216. The Morgan fingerprint density at radius 1 is 1.33 bits per heavy atom. The highest BCUT2D eigenvalue weighted by Gasteiger charge is 2.40. The maximum absolute atomic E-state index is 13.2. The molecule has 1 saturated carbocycles. The Morgan fingerprint density at radius 2 is 2.07 bits per heavy atom. The molecule has 30 heavy (non-hydrogen) atoms. The van der Waals surface area contributed by atoms with Crippen molar-refractivity contribution in [3.8, 4) is 0 Å². The number of halogens is 1. The Bertz CT molecular complexity index is 786. The summed E-state index contributed by atoms with van der Waals surface area (Å²) in [6, 6.07) is 1.46. The number of amides is 3. The third kappa shape index (κ3) is 5.24. The van der Waals surface area contributed by atoms with Crippen molar-refractivity contribution in [2.24, 2.45) is 11.8 Å². The van der Waals surface area contributed by atoms with E-state index >= 15 is 0 Å². The number of aromatic nitrogens is 1. The number of likely N-dealkylation sites (tertiary alicyclic amines) is 1. The number of nitrogens with one attached hydrogen (secondary N) is 1. The van der Waals surface area contributed by atoms with E-state index in [2.05, 4.69) is 5.32 Å². The fourth-order valence-corrected chi connectivity index (χ4v) is 4.47. The minimum atomic E-state index is -0.767. The molecule has 2 aliphatic rings. The van der Waals surface area contributed by atoms with E-state index < -0.39 is 23.7 Å². The van der Waals surface area contributed by atoms with Gasteiger partial charge >= 0.3 is 5.91 Å². The molecule has 3 rings (SSSR count). The van der Waals surface area contributed by atoms with Crippen LogP contribution in [-0.2, 0) is 14.4 Å². The third-order valence-electron chi connectivity index (χ3n) is 5.94. The first-order chi connectivity index (χ1) is 14.4. The maximum Gasteiger partial charge on any atom is 0.330 e. The van der Waals surface area contributed by atoms with E-state index in [0.717, 1.165) is 37.8 Å². The molecule has 0 spiro atoms. The molecule has 2 N–H and O–H groups in total. The van der Waals surface area contributed by atoms with Gasteiger partial charge in [-0.1, -0.05) is 25.7 Å². The second-order valence-corrected chi connectivity index (χ2v) is 8.05. The molecule has 1 aliphatic carbocycles. The number of hydroxylamine groups is 2. The van der Waals surface area contributed by atoms with Crippen molar-refractivity contribution in [3.05, 3.63) is 29.4 Å². The smallest absolute Gasteiger partial charge is 0.330 e. The molecule has 9 nitrogen and oxygen atoms in total. The first kappa shape index (κ1) is 21.9. The van der Waals surface area contributed by atoms with Gasteiger partial charge in [-0.2, -0.15) is 0 Å². The van der Waals surface area contributed by atoms with Gasteiger partial charge in [0.25, 0.3) is 5.82 Å². The molecule has 1 saturated heterocycles. The lowest BCUT2D eigenvalue weighted by Crippen LogP contribution is -2.48. The predicted molar refractivity (Wildman–Crippen MR) is 103 cm³/mol. The highest BCUT2D eigenvalue weighted by atomic mass is 19.1. The van der Waals surface area contributed by atoms with Crippen LogP contribution in [0.25, 0.3) is 0 Å². The first-order valence-electron chi connectivity index (χ1n) is 10.3. The van der Waals surface area contributed by atoms with Gasteiger partial charge in [0.1, 0.15) is 12.2 Å². The van der Waals surface area contributed by atoms with Crippen molar-refractivity contribution in [3.63, 3.8) is 0 Å². The van der Waals surface area contributed by atoms with E-state index in [-0.39, 0.29) is 29.4 Å². The summed E-state index contributed by atoms with van der Waals surface area (Å²) in [5.74, 6) is -1.90. The van der Waals surface area contributed by atoms with Crippen LogP contribution in [0.15, 0.2) is 18.3 Å². The number of anilines is 1. The fourth-order valence-electron chi connectivity index (χ4n) is 4.47. The molecule has 2 atom stereocenters. The van der Waals surface area contributed by atoms with Crippen molar-refractivity contribution in [1.29, 1.82) is 0 Å². The maximum atomic E-state index is 13.2. The van der Waals surface area contributed by atoms with Gasteiger partial charge < -0.3 is 10.1 Å². The number of carbonyl (C=O) groups excluding carboxylic acids is 3. The van der Waals surface area contributed by atoms with Gasteiger partial charge in [0.15, 0.2) is 5.82 Å². The Hall–Kier alpha value is -2.75. The van der Waals surface area contributed by atoms with E-state index in [4.69, 9.17) is 0 Å². The van der Waals surface area contributed by atoms with E-state index in [1.165, 1.54) is 4.90 Å². The predicted octanol–water partition coefficient (Wildman–Crippen LogP) is 1.43. The Morgan fingerprint density at radius 3 is 2.73 bits per heavy atom. The lowest BCUT2D eigenvalue weighted by atomic mass is 9.91. The van der Waals surface area contributed by atoms with Gasteiger partial charge in [0.2, 0.25) is 12.3 Å². The van der Waals surface area contributed by atoms with Crippen LogP contribution in [0.2, 0.25) is 0 Å². The average Bonchev–Trinajstić information content (AvgIpc) is 3.40. The largest absolute Gasteiger partial charge is 0.711 e. The molecule has 2 heterocycles. The van der Waals surface area contributed by atoms with Gasteiger partial charge in [-0.05, 0) is 31.2 Å². The fraction of sp³-hybridized carbons (Fsp3) is 0.600. The third-order valence-corrected chi connectivity index (χ3v) is 5.94. The molecule has 0 radical (unpaired) electrons. The zero-order valence-electron chi connectivity index (χ0n) is 16.7. The molecule has 164 valence electrons. The standard InChI is InChI=1S/C20H27FN4O5/c21-16-7-8-18(25(30)12-16)22-19(27)17-6-3-9-24(17)20(28)15(11-23(29)13-26)10-14-4-1-2-5-14/h7-8,12-15,17,29H,1-6,9-11H2,(H,22,27)/t15-,17+/m1/s1. The zero-order chi connectivity index (χ0) is 21.7. The lowest BCUT2D eigenvalue weighted by Gasteiger charge is -2.29. The molecule has 0 aromatic carbocycles. The molecule has 10 heteroatoms. The van der Waals surface area contributed by atoms with Crippen LogP contribution in [0.3, 0.4) is 0 Å². The zero-order valence-corrected chi connectivity index (χ0v) is 16.7. The molecule has 3 amide bonds. The van der Waals surface area contributed by atoms with Crippen LogP contribution in [0.4, 0.5) is 10.2 Å². The van der Waals surface area contributed by atoms with Crippen LogP contribution >= 0.6 is 0 Å². The SMILES string of the molecule is O=CN(O)C[C@@H](CC1CCCC1)C(=O)N1CCC[C@H]1C(=O)Nc1ccc(F)c[n+]1[O-]. The molecule has 1 aromatic heterocycles. The van der Waals surface area contributed by atoms with Crippen molar-refractivity contribution in [2.45, 2.75) is 51.0 Å². The summed E-state index contributed by atoms with van der Waals surface area (Å²) in [6.07, 6.45) is 6.80. The summed E-state index contributed by atoms with van der Waals surface area (Å²) in [7, 11) is 0. The second kappa shape index (κ2) is 9.84. The summed E-state index contributed by atoms with van der Waals surface area (Å²) < 4.78 is 13.3. The van der Waals surface area contributed by atoms with Crippen LogP contribution < -0.4 is 10.0 Å². The Balaban J connectivity index is 1.71. The van der Waals surface area contributed by atoms with Crippen molar-refractivity contribution in [2.75, 3.05) is 18.4 Å². The van der Waals surface area contributed by atoms with E-state index in [9.17, 15) is 29.2 Å². The number of carbonyl (C=O) groups is 3. The summed E-state index contributed by atoms with van der Waals surface area (Å²) in [4.78, 5) is 38.3. The minimum Gasteiger partial charge on any atom is -0.711 e. The van der Waals surface area contributed by atoms with Crippen molar-refractivity contribution in [1.82, 2.24) is 9.96 Å². The van der Waals surface area contributed by atoms with Crippen LogP contribution in [0, 0.1) is 22.9 Å². The van der Waals surface area contributed by atoms with E-state index in [0.29, 0.717) is 43.0 Å². The summed E-state index contributed by atoms with van der Waals surface area (Å²) in [5.41, 5.74) is 0. The average molecular weight is 422 g/mol. The number of hydrogen-bond acceptors (Lipinski definition) is 5. The molecule has 2 fully saturated rings. The molecular formula is C20H27FN4O5. The highest BCUT2D eigenvalue weighted by Crippen LogP contribution is 2.32. The van der Waals surface area contributed by atoms with Gasteiger partial charge in [0.05, 0.1) is 12.5 Å². The van der Waals surface area contributed by atoms with Crippen molar-refractivity contribution >= 4 is 24.0 Å². The Labute approximate surface area is 174 Å². The molecule has 1 aliphatic heterocycles. The Kier molecular flexibility index (Phi) is 7.20. The van der Waals surface area contributed by atoms with Crippen molar-refractivity contribution < 1.29 is 28.7 Å². The normalized spacial score (nSPS) is 20.2. The van der Waals surface area contributed by atoms with Gasteiger partial charge in [0, 0.05) is 12.6 Å². The summed E-state index contributed by atoms with van der Waals surface area (Å²) in [6.45, 7) is 0.258. The number of rotatable bonds is 8. The summed E-state index contributed by atoms with van der Waals surface area (Å²) >= 11 is 0. The topological polar surface area (TPSA) is 117 Å². The summed E-state index contributed by atoms with van der Waals surface area (Å²) in [5, 5.41) is 24.4. The monoisotopic (exact) mass is 422 g/mol. The number of nitrogens with zero attached hydrogens (tertiary/aromatic N) is 3. The molecule has 0 bridgehead atoms. The lowest BCUT2D eigenvalue weighted by molar-refractivity contribution is -0.591. The number of pyridine rings is 1. The van der Waals surface area contributed by atoms with Gasteiger partial charge in [-0.15, -0.1) is 0 Å². The van der Waals surface area contributed by atoms with Crippen LogP contribution in [-0.4, -0.2) is 52.5 Å². The number of hydrogen-bond donors (Lipinski definition) is 2. The van der Waals surface area contributed by atoms with E-state index in [1.54, 1.807) is 0 Å². The first-order valence-corrected chi connectivity index (χ1v) is 10.3. The molecular weight excluding hydrogens is 395 g/mol. The van der Waals surface area contributed by atoms with E-state index in [1.807, 2.05) is 0 Å². The second-order valence-electron chi connectivity index (χ2n) is 8.05.